The molecule has 1 fully saturated rings. The zero-order valence-corrected chi connectivity index (χ0v) is 23.6. The maximum absolute atomic E-state index is 2.49. The van der Waals surface area contributed by atoms with E-state index in [4.69, 9.17) is 0 Å². The smallest absolute Gasteiger partial charge is 0.00663 e. The first-order chi connectivity index (χ1) is 19.3. The molecule has 0 nitrogen and oxygen atoms in total. The summed E-state index contributed by atoms with van der Waals surface area (Å²) < 4.78 is 0. The highest BCUT2D eigenvalue weighted by molar-refractivity contribution is 7.58. The third kappa shape index (κ3) is 5.20. The van der Waals surface area contributed by atoms with Gasteiger partial charge in [0.1, 0.15) is 0 Å². The van der Waals surface area contributed by atoms with Crippen molar-refractivity contribution in [2.24, 2.45) is 11.8 Å². The second-order valence-corrected chi connectivity index (χ2v) is 14.2. The van der Waals surface area contributed by atoms with Gasteiger partial charge in [0.15, 0.2) is 0 Å². The van der Waals surface area contributed by atoms with E-state index in [1.807, 2.05) is 0 Å². The summed E-state index contributed by atoms with van der Waals surface area (Å²) in [5.41, 5.74) is 6.76. The molecule has 7 rings (SSSR count). The Morgan fingerprint density at radius 3 is 1.54 bits per heavy atom. The van der Waals surface area contributed by atoms with Crippen molar-refractivity contribution in [2.75, 3.05) is 12.3 Å². The SMILES string of the molecule is C1=C[C@H](CP(C[C@H]2C=CC=C2c2ccc3ccccc3c2)C2CCCCC2)C(c2ccc3ccccc3c2)=C1. The number of fused-ring (bicyclic) bond motifs is 2. The molecule has 0 unspecified atom stereocenters. The molecule has 4 aromatic carbocycles. The minimum Gasteiger partial charge on any atom is -0.102 e. The molecule has 0 N–H and O–H groups in total. The number of hydrogen-bond donors (Lipinski definition) is 0. The van der Waals surface area contributed by atoms with Crippen molar-refractivity contribution in [1.29, 1.82) is 0 Å². The van der Waals surface area contributed by atoms with E-state index in [9.17, 15) is 0 Å². The number of allylic oxidation sites excluding steroid dienone is 8. The lowest BCUT2D eigenvalue weighted by atomic mass is 9.94. The molecule has 0 aliphatic heterocycles. The fraction of sp³-hybridized carbons (Fsp3) is 0.263. The van der Waals surface area contributed by atoms with Gasteiger partial charge in [0, 0.05) is 11.8 Å². The van der Waals surface area contributed by atoms with Gasteiger partial charge in [0.25, 0.3) is 0 Å². The van der Waals surface area contributed by atoms with Crippen LogP contribution in [-0.4, -0.2) is 18.0 Å². The second kappa shape index (κ2) is 11.1. The molecule has 0 bridgehead atoms. The normalized spacial score (nSPS) is 21.3. The molecule has 2 atom stereocenters. The van der Waals surface area contributed by atoms with Crippen LogP contribution in [-0.2, 0) is 0 Å². The highest BCUT2D eigenvalue weighted by Gasteiger charge is 2.31. The zero-order valence-electron chi connectivity index (χ0n) is 22.7. The average molecular weight is 525 g/mol. The highest BCUT2D eigenvalue weighted by atomic mass is 31.1. The van der Waals surface area contributed by atoms with Gasteiger partial charge in [-0.05, 0) is 86.8 Å². The summed E-state index contributed by atoms with van der Waals surface area (Å²) in [5.74, 6) is 1.08. The summed E-state index contributed by atoms with van der Waals surface area (Å²) in [6.45, 7) is 0. The minimum absolute atomic E-state index is 0.0882. The van der Waals surface area contributed by atoms with Gasteiger partial charge in [-0.1, -0.05) is 129 Å². The lowest BCUT2D eigenvalue weighted by Crippen LogP contribution is -2.19. The van der Waals surface area contributed by atoms with E-state index >= 15 is 0 Å². The van der Waals surface area contributed by atoms with Crippen LogP contribution < -0.4 is 0 Å². The van der Waals surface area contributed by atoms with Crippen LogP contribution in [0.1, 0.15) is 43.2 Å². The number of benzene rings is 4. The minimum atomic E-state index is -0.0882. The second-order valence-electron chi connectivity index (χ2n) is 11.6. The first-order valence-electron chi connectivity index (χ1n) is 14.8. The quantitative estimate of drug-likeness (QED) is 0.211. The third-order valence-corrected chi connectivity index (χ3v) is 12.4. The van der Waals surface area contributed by atoms with Gasteiger partial charge in [-0.25, -0.2) is 0 Å². The summed E-state index contributed by atoms with van der Waals surface area (Å²) in [7, 11) is -0.0882. The molecule has 3 aliphatic rings. The van der Waals surface area contributed by atoms with Crippen molar-refractivity contribution in [3.8, 4) is 0 Å². The molecule has 0 radical (unpaired) electrons. The third-order valence-electron chi connectivity index (χ3n) is 9.16. The molecular weight excluding hydrogens is 487 g/mol. The first-order valence-corrected chi connectivity index (χ1v) is 16.6. The summed E-state index contributed by atoms with van der Waals surface area (Å²) in [5, 5.41) is 5.35. The fourth-order valence-electron chi connectivity index (χ4n) is 7.04. The molecule has 4 aromatic rings. The molecule has 3 aliphatic carbocycles. The standard InChI is InChI=1S/C38H37P/c1-2-16-36(17-3-1)39(26-34-14-8-18-37(34)32-22-20-28-10-4-6-12-30(28)24-32)27-35-15-9-19-38(35)33-23-21-29-11-5-7-13-31(29)25-33/h4-15,18-25,34-36H,1-3,16-17,26-27H2/t34-,35-/m1/s1. The van der Waals surface area contributed by atoms with Crippen molar-refractivity contribution >= 4 is 40.6 Å². The van der Waals surface area contributed by atoms with Crippen molar-refractivity contribution < 1.29 is 0 Å². The lowest BCUT2D eigenvalue weighted by Gasteiger charge is -2.35. The van der Waals surface area contributed by atoms with Gasteiger partial charge in [0.2, 0.25) is 0 Å². The van der Waals surface area contributed by atoms with Crippen molar-refractivity contribution in [3.63, 3.8) is 0 Å². The van der Waals surface area contributed by atoms with Crippen LogP contribution in [0.25, 0.3) is 32.7 Å². The van der Waals surface area contributed by atoms with Crippen molar-refractivity contribution in [2.45, 2.75) is 37.8 Å². The topological polar surface area (TPSA) is 0 Å². The summed E-state index contributed by atoms with van der Waals surface area (Å²) in [4.78, 5) is 0. The summed E-state index contributed by atoms with van der Waals surface area (Å²) in [6.07, 6.45) is 24.2. The molecule has 39 heavy (non-hydrogen) atoms. The van der Waals surface area contributed by atoms with Crippen LogP contribution in [0.2, 0.25) is 0 Å². The van der Waals surface area contributed by atoms with Gasteiger partial charge in [0.05, 0.1) is 0 Å². The van der Waals surface area contributed by atoms with Crippen molar-refractivity contribution in [1.82, 2.24) is 0 Å². The number of hydrogen-bond acceptors (Lipinski definition) is 0. The monoisotopic (exact) mass is 524 g/mol. The van der Waals surface area contributed by atoms with E-state index in [-0.39, 0.29) is 7.92 Å². The van der Waals surface area contributed by atoms with Gasteiger partial charge >= 0.3 is 0 Å². The average Bonchev–Trinajstić information content (AvgIpc) is 3.66. The van der Waals surface area contributed by atoms with Crippen LogP contribution in [0.5, 0.6) is 0 Å². The Bertz CT molecular complexity index is 1500. The molecule has 194 valence electrons. The number of rotatable bonds is 7. The lowest BCUT2D eigenvalue weighted by molar-refractivity contribution is 0.509. The largest absolute Gasteiger partial charge is 0.102 e. The fourth-order valence-corrected chi connectivity index (χ4v) is 10.5. The Balaban J connectivity index is 1.14. The van der Waals surface area contributed by atoms with E-state index in [2.05, 4.69) is 121 Å². The molecule has 0 spiro atoms. The zero-order chi connectivity index (χ0) is 26.0. The molecule has 0 amide bonds. The van der Waals surface area contributed by atoms with E-state index in [1.54, 1.807) is 0 Å². The van der Waals surface area contributed by atoms with Crippen molar-refractivity contribution in [3.05, 3.63) is 133 Å². The highest BCUT2D eigenvalue weighted by Crippen LogP contribution is 2.54. The van der Waals surface area contributed by atoms with E-state index in [0.29, 0.717) is 11.8 Å². The molecule has 0 heterocycles. The van der Waals surface area contributed by atoms with Gasteiger partial charge in [-0.15, -0.1) is 7.92 Å². The van der Waals surface area contributed by atoms with Crippen LogP contribution in [0.3, 0.4) is 0 Å². The first kappa shape index (κ1) is 24.8. The van der Waals surface area contributed by atoms with Crippen LogP contribution in [0.15, 0.2) is 121 Å². The molecule has 0 saturated heterocycles. The summed E-state index contributed by atoms with van der Waals surface area (Å²) >= 11 is 0. The van der Waals surface area contributed by atoms with Crippen LogP contribution in [0, 0.1) is 11.8 Å². The predicted molar refractivity (Wildman–Crippen MR) is 173 cm³/mol. The van der Waals surface area contributed by atoms with Gasteiger partial charge in [-0.2, -0.15) is 0 Å². The Hall–Kier alpha value is -3.21. The van der Waals surface area contributed by atoms with E-state index < -0.39 is 0 Å². The maximum atomic E-state index is 2.49. The van der Waals surface area contributed by atoms with Gasteiger partial charge in [-0.3, -0.25) is 0 Å². The van der Waals surface area contributed by atoms with Crippen LogP contribution >= 0.6 is 7.92 Å². The van der Waals surface area contributed by atoms with Gasteiger partial charge < -0.3 is 0 Å². The predicted octanol–water partition coefficient (Wildman–Crippen LogP) is 10.6. The summed E-state index contributed by atoms with van der Waals surface area (Å²) in [6, 6.07) is 31.6. The van der Waals surface area contributed by atoms with E-state index in [0.717, 1.165) is 5.66 Å². The Kier molecular flexibility index (Phi) is 7.07. The molecular formula is C38H37P. The Morgan fingerprint density at radius 2 is 1.03 bits per heavy atom. The Labute approximate surface area is 234 Å². The van der Waals surface area contributed by atoms with Crippen LogP contribution in [0.4, 0.5) is 0 Å². The molecule has 1 heteroatoms. The Morgan fingerprint density at radius 1 is 0.538 bits per heavy atom. The maximum Gasteiger partial charge on any atom is 0.00663 e. The van der Waals surface area contributed by atoms with E-state index in [1.165, 1.54) is 88.2 Å². The molecule has 1 saturated carbocycles. The molecule has 0 aromatic heterocycles.